The third-order valence-electron chi connectivity index (χ3n) is 14.4. The fourth-order valence-electron chi connectivity index (χ4n) is 9.51. The predicted octanol–water partition coefficient (Wildman–Crippen LogP) is 20.3. The molecule has 0 heterocycles. The van der Waals surface area contributed by atoms with Gasteiger partial charge in [0.2, 0.25) is 0 Å². The minimum Gasteiger partial charge on any atom is -0.462 e. The molecule has 75 heavy (non-hydrogen) atoms. The molecule has 0 fully saturated rings. The molecule has 0 rings (SSSR count). The zero-order chi connectivity index (χ0) is 54.9. The van der Waals surface area contributed by atoms with Crippen LogP contribution in [0.2, 0.25) is 0 Å². The summed E-state index contributed by atoms with van der Waals surface area (Å²) in [6, 6.07) is 0. The van der Waals surface area contributed by atoms with E-state index in [-0.39, 0.29) is 25.6 Å². The molecular formula is C65H125NO8P+. The fraction of sp³-hybridized carbons (Fsp3) is 0.877. The smallest absolute Gasteiger partial charge is 0.462 e. The molecule has 0 aliphatic carbocycles. The Kier molecular flexibility index (Phi) is 55.6. The molecule has 10 heteroatoms. The summed E-state index contributed by atoms with van der Waals surface area (Å²) in [5.41, 5.74) is 0. The third-order valence-corrected chi connectivity index (χ3v) is 15.4. The lowest BCUT2D eigenvalue weighted by molar-refractivity contribution is -0.870. The number of allylic oxidation sites excluding steroid dienone is 6. The van der Waals surface area contributed by atoms with Crippen LogP contribution in [0.25, 0.3) is 0 Å². The van der Waals surface area contributed by atoms with Gasteiger partial charge in [-0.1, -0.05) is 294 Å². The molecule has 442 valence electrons. The minimum absolute atomic E-state index is 0.0307. The molecule has 0 aromatic rings. The van der Waals surface area contributed by atoms with E-state index in [1.54, 1.807) is 0 Å². The van der Waals surface area contributed by atoms with Crippen LogP contribution in [0, 0.1) is 0 Å². The molecule has 0 aromatic heterocycles. The zero-order valence-electron chi connectivity index (χ0n) is 50.3. The highest BCUT2D eigenvalue weighted by molar-refractivity contribution is 7.47. The van der Waals surface area contributed by atoms with Gasteiger partial charge in [-0.25, -0.2) is 4.57 Å². The Morgan fingerprint density at radius 2 is 0.760 bits per heavy atom. The van der Waals surface area contributed by atoms with Gasteiger partial charge in [-0.15, -0.1) is 0 Å². The standard InChI is InChI=1S/C65H124NO8P/c1-6-8-10-12-14-16-18-20-22-24-25-26-27-28-29-30-31-32-33-34-35-36-37-38-39-40-42-43-45-47-49-51-53-55-57-64(67)71-61-63(62-73-75(69,70)72-60-59-66(3,4)5)74-65(68)58-56-54-52-50-48-46-44-41-23-21-19-17-15-13-11-9-7-2/h9,11,15,17,21,23,63H,6-8,10,12-14,16,18-20,22,24-62H2,1-5H3/p+1/b11-9-,17-15-,23-21-. The Hall–Kier alpha value is -1.77. The summed E-state index contributed by atoms with van der Waals surface area (Å²) in [6.45, 7) is 4.36. The summed E-state index contributed by atoms with van der Waals surface area (Å²) >= 11 is 0. The van der Waals surface area contributed by atoms with E-state index >= 15 is 0 Å². The number of carbonyl (C=O) groups is 2. The molecule has 0 aliphatic rings. The first kappa shape index (κ1) is 73.2. The first-order chi connectivity index (χ1) is 36.5. The van der Waals surface area contributed by atoms with Gasteiger partial charge >= 0.3 is 19.8 Å². The molecular weight excluding hydrogens is 954 g/mol. The quantitative estimate of drug-likeness (QED) is 0.0211. The lowest BCUT2D eigenvalue weighted by Gasteiger charge is -2.24. The van der Waals surface area contributed by atoms with E-state index in [1.165, 1.54) is 218 Å². The Balaban J connectivity index is 3.94. The van der Waals surface area contributed by atoms with E-state index in [1.807, 2.05) is 21.1 Å². The summed E-state index contributed by atoms with van der Waals surface area (Å²) < 4.78 is 34.6. The fourth-order valence-corrected chi connectivity index (χ4v) is 10.2. The predicted molar refractivity (Wildman–Crippen MR) is 321 cm³/mol. The number of carbonyl (C=O) groups excluding carboxylic acids is 2. The highest BCUT2D eigenvalue weighted by atomic mass is 31.2. The maximum absolute atomic E-state index is 12.8. The van der Waals surface area contributed by atoms with Gasteiger partial charge in [0, 0.05) is 12.8 Å². The zero-order valence-corrected chi connectivity index (χ0v) is 51.2. The maximum Gasteiger partial charge on any atom is 0.472 e. The first-order valence-electron chi connectivity index (χ1n) is 32.2. The average Bonchev–Trinajstić information content (AvgIpc) is 3.37. The molecule has 0 saturated heterocycles. The number of esters is 2. The van der Waals surface area contributed by atoms with Gasteiger partial charge in [0.25, 0.3) is 0 Å². The van der Waals surface area contributed by atoms with Crippen LogP contribution in [-0.4, -0.2) is 74.9 Å². The summed E-state index contributed by atoms with van der Waals surface area (Å²) in [5, 5.41) is 0. The number of rotatable bonds is 60. The van der Waals surface area contributed by atoms with Crippen LogP contribution in [0.4, 0.5) is 0 Å². The second-order valence-corrected chi connectivity index (χ2v) is 24.6. The van der Waals surface area contributed by atoms with E-state index in [0.29, 0.717) is 23.9 Å². The number of ether oxygens (including phenoxy) is 2. The Morgan fingerprint density at radius 3 is 1.13 bits per heavy atom. The van der Waals surface area contributed by atoms with Crippen molar-refractivity contribution in [3.05, 3.63) is 36.5 Å². The average molecular weight is 1080 g/mol. The van der Waals surface area contributed by atoms with E-state index in [9.17, 15) is 19.0 Å². The van der Waals surface area contributed by atoms with Crippen molar-refractivity contribution >= 4 is 19.8 Å². The Labute approximate surface area is 465 Å². The van der Waals surface area contributed by atoms with Gasteiger partial charge < -0.3 is 18.9 Å². The largest absolute Gasteiger partial charge is 0.472 e. The highest BCUT2D eigenvalue weighted by Gasteiger charge is 2.27. The van der Waals surface area contributed by atoms with Gasteiger partial charge in [-0.2, -0.15) is 0 Å². The van der Waals surface area contributed by atoms with Crippen molar-refractivity contribution < 1.29 is 42.1 Å². The van der Waals surface area contributed by atoms with E-state index in [4.69, 9.17) is 18.5 Å². The number of hydrogen-bond acceptors (Lipinski definition) is 7. The lowest BCUT2D eigenvalue weighted by Crippen LogP contribution is -2.37. The second kappa shape index (κ2) is 56.9. The molecule has 2 atom stereocenters. The first-order valence-corrected chi connectivity index (χ1v) is 33.7. The highest BCUT2D eigenvalue weighted by Crippen LogP contribution is 2.43. The lowest BCUT2D eigenvalue weighted by atomic mass is 10.0. The second-order valence-electron chi connectivity index (χ2n) is 23.1. The van der Waals surface area contributed by atoms with Crippen LogP contribution in [0.3, 0.4) is 0 Å². The van der Waals surface area contributed by atoms with Crippen molar-refractivity contribution in [1.82, 2.24) is 0 Å². The minimum atomic E-state index is -4.39. The van der Waals surface area contributed by atoms with Gasteiger partial charge in [-0.05, 0) is 44.9 Å². The van der Waals surface area contributed by atoms with Crippen LogP contribution in [0.1, 0.15) is 316 Å². The van der Waals surface area contributed by atoms with Crippen molar-refractivity contribution in [2.24, 2.45) is 0 Å². The van der Waals surface area contributed by atoms with Crippen molar-refractivity contribution in [1.29, 1.82) is 0 Å². The molecule has 2 unspecified atom stereocenters. The van der Waals surface area contributed by atoms with Crippen LogP contribution >= 0.6 is 7.82 Å². The molecule has 0 spiro atoms. The molecule has 0 radical (unpaired) electrons. The van der Waals surface area contributed by atoms with Crippen LogP contribution in [-0.2, 0) is 32.7 Å². The normalized spacial score (nSPS) is 13.4. The number of hydrogen-bond donors (Lipinski definition) is 1. The van der Waals surface area contributed by atoms with Crippen LogP contribution in [0.5, 0.6) is 0 Å². The van der Waals surface area contributed by atoms with Crippen molar-refractivity contribution in [2.75, 3.05) is 47.5 Å². The SMILES string of the molecule is CC/C=C\C/C=C\C/C=C\CCCCCCCCCC(=O)OC(COC(=O)CCCCCCCCCCCCCCCCCCCCCCCCCCCCCCCCCCCC)COP(=O)(O)OCC[N+](C)(C)C. The maximum atomic E-state index is 12.8. The van der Waals surface area contributed by atoms with Gasteiger partial charge in [0.1, 0.15) is 19.8 Å². The van der Waals surface area contributed by atoms with Crippen LogP contribution < -0.4 is 0 Å². The van der Waals surface area contributed by atoms with Crippen LogP contribution in [0.15, 0.2) is 36.5 Å². The topological polar surface area (TPSA) is 108 Å². The van der Waals surface area contributed by atoms with Gasteiger partial charge in [0.15, 0.2) is 6.10 Å². The number of likely N-dealkylation sites (N-methyl/N-ethyl adjacent to an activating group) is 1. The summed E-state index contributed by atoms with van der Waals surface area (Å²) in [5.74, 6) is -0.795. The van der Waals surface area contributed by atoms with Gasteiger partial charge in [-0.3, -0.25) is 18.6 Å². The van der Waals surface area contributed by atoms with Crippen molar-refractivity contribution in [3.8, 4) is 0 Å². The summed E-state index contributed by atoms with van der Waals surface area (Å²) in [4.78, 5) is 35.7. The molecule has 0 bridgehead atoms. The van der Waals surface area contributed by atoms with Crippen molar-refractivity contribution in [2.45, 2.75) is 322 Å². The van der Waals surface area contributed by atoms with E-state index in [0.717, 1.165) is 64.2 Å². The number of unbranched alkanes of at least 4 members (excludes halogenated alkanes) is 40. The number of quaternary nitrogens is 1. The number of phosphoric ester groups is 1. The van der Waals surface area contributed by atoms with E-state index in [2.05, 4.69) is 50.3 Å². The molecule has 0 aromatic carbocycles. The molecule has 0 saturated carbocycles. The molecule has 0 aliphatic heterocycles. The molecule has 1 N–H and O–H groups in total. The third kappa shape index (κ3) is 61.3. The van der Waals surface area contributed by atoms with Gasteiger partial charge in [0.05, 0.1) is 27.7 Å². The monoisotopic (exact) mass is 1080 g/mol. The number of phosphoric acid groups is 1. The number of nitrogens with zero attached hydrogens (tertiary/aromatic N) is 1. The Morgan fingerprint density at radius 1 is 0.427 bits per heavy atom. The Bertz CT molecular complexity index is 1360. The molecule has 9 nitrogen and oxygen atoms in total. The summed E-state index contributed by atoms with van der Waals surface area (Å²) in [7, 11) is 1.48. The van der Waals surface area contributed by atoms with E-state index < -0.39 is 26.5 Å². The summed E-state index contributed by atoms with van der Waals surface area (Å²) in [6.07, 6.45) is 71.1. The molecule has 0 amide bonds. The van der Waals surface area contributed by atoms with Crippen molar-refractivity contribution in [3.63, 3.8) is 0 Å².